The van der Waals surface area contributed by atoms with Crippen molar-refractivity contribution in [1.29, 1.82) is 0 Å². The first-order valence-corrected chi connectivity index (χ1v) is 10.6. The number of halogens is 3. The number of benzene rings is 2. The molecule has 0 saturated carbocycles. The van der Waals surface area contributed by atoms with Crippen molar-refractivity contribution < 1.29 is 32.6 Å². The summed E-state index contributed by atoms with van der Waals surface area (Å²) in [6.45, 7) is 2.18. The Kier molecular flexibility index (Phi) is 7.77. The molecule has 0 radical (unpaired) electrons. The molecule has 0 fully saturated rings. The van der Waals surface area contributed by atoms with E-state index in [0.29, 0.717) is 17.3 Å². The third kappa shape index (κ3) is 5.48. The third-order valence-corrected chi connectivity index (χ3v) is 5.40. The Morgan fingerprint density at radius 2 is 1.85 bits per heavy atom. The predicted molar refractivity (Wildman–Crippen MR) is 120 cm³/mol. The first-order chi connectivity index (χ1) is 16.1. The fourth-order valence-corrected chi connectivity index (χ4v) is 3.42. The van der Waals surface area contributed by atoms with Crippen LogP contribution in [0.3, 0.4) is 0 Å². The summed E-state index contributed by atoms with van der Waals surface area (Å²) in [6, 6.07) is 7.69. The lowest BCUT2D eigenvalue weighted by atomic mass is 10.1. The molecule has 178 valence electrons. The van der Waals surface area contributed by atoms with Crippen LogP contribution < -0.4 is 10.3 Å². The molecular weight excluding hydrogens is 518 g/mol. The van der Waals surface area contributed by atoms with E-state index in [4.69, 9.17) is 14.2 Å². The molecule has 34 heavy (non-hydrogen) atoms. The Labute approximate surface area is 201 Å². The smallest absolute Gasteiger partial charge is 0.337 e. The maximum atomic E-state index is 14.2. The average molecular weight is 537 g/mol. The first-order valence-electron chi connectivity index (χ1n) is 9.83. The Morgan fingerprint density at radius 3 is 2.50 bits per heavy atom. The van der Waals surface area contributed by atoms with Crippen LogP contribution in [-0.2, 0) is 27.5 Å². The van der Waals surface area contributed by atoms with E-state index >= 15 is 0 Å². The molecule has 11 heteroatoms. The Hall–Kier alpha value is -3.60. The number of methoxy groups -OCH3 is 1. The quantitative estimate of drug-likeness (QED) is 0.421. The van der Waals surface area contributed by atoms with Gasteiger partial charge in [0.05, 0.1) is 18.4 Å². The molecule has 2 aromatic carbocycles. The van der Waals surface area contributed by atoms with E-state index in [1.54, 1.807) is 19.1 Å². The van der Waals surface area contributed by atoms with Crippen molar-refractivity contribution in [1.82, 2.24) is 9.55 Å². The normalized spacial score (nSPS) is 10.6. The van der Waals surface area contributed by atoms with Crippen LogP contribution in [0.4, 0.5) is 8.78 Å². The van der Waals surface area contributed by atoms with Gasteiger partial charge in [0.2, 0.25) is 5.88 Å². The monoisotopic (exact) mass is 536 g/mol. The molecule has 0 unspecified atom stereocenters. The lowest BCUT2D eigenvalue weighted by molar-refractivity contribution is -0.142. The Morgan fingerprint density at radius 1 is 1.12 bits per heavy atom. The lowest BCUT2D eigenvalue weighted by Gasteiger charge is -2.21. The van der Waals surface area contributed by atoms with Gasteiger partial charge in [0.1, 0.15) is 29.3 Å². The molecule has 1 heterocycles. The summed E-state index contributed by atoms with van der Waals surface area (Å²) >= 11 is 3.16. The van der Waals surface area contributed by atoms with Crippen molar-refractivity contribution >= 4 is 27.9 Å². The zero-order valence-corrected chi connectivity index (χ0v) is 19.9. The topological polar surface area (TPSA) is 96.7 Å². The van der Waals surface area contributed by atoms with Crippen molar-refractivity contribution in [2.24, 2.45) is 0 Å². The summed E-state index contributed by atoms with van der Waals surface area (Å²) in [7, 11) is 1.23. The van der Waals surface area contributed by atoms with Gasteiger partial charge in [0.15, 0.2) is 5.82 Å². The van der Waals surface area contributed by atoms with Gasteiger partial charge in [-0.05, 0) is 52.7 Å². The zero-order chi connectivity index (χ0) is 25.0. The number of hydrogen-bond acceptors (Lipinski definition) is 7. The molecule has 0 aliphatic rings. The number of aryl methyl sites for hydroxylation is 1. The molecule has 0 saturated heterocycles. The second-order valence-electron chi connectivity index (χ2n) is 7.09. The number of hydrogen-bond donors (Lipinski definition) is 0. The maximum Gasteiger partial charge on any atom is 0.337 e. The molecule has 3 rings (SSSR count). The molecule has 0 amide bonds. The molecule has 8 nitrogen and oxygen atoms in total. The van der Waals surface area contributed by atoms with Gasteiger partial charge in [-0.1, -0.05) is 6.07 Å². The van der Waals surface area contributed by atoms with E-state index in [1.165, 1.54) is 30.7 Å². The summed E-state index contributed by atoms with van der Waals surface area (Å²) < 4.78 is 44.3. The van der Waals surface area contributed by atoms with Gasteiger partial charge in [0, 0.05) is 18.6 Å². The van der Waals surface area contributed by atoms with E-state index in [0.717, 1.165) is 6.07 Å². The molecule has 0 spiro atoms. The average Bonchev–Trinajstić information content (AvgIpc) is 2.79. The van der Waals surface area contributed by atoms with Crippen molar-refractivity contribution in [3.05, 3.63) is 85.4 Å². The fraction of sp³-hybridized carbons (Fsp3) is 0.217. The number of ether oxygens (including phenoxy) is 3. The van der Waals surface area contributed by atoms with Gasteiger partial charge in [0.25, 0.3) is 5.56 Å². The predicted octanol–water partition coefficient (Wildman–Crippen LogP) is 4.01. The maximum absolute atomic E-state index is 14.2. The van der Waals surface area contributed by atoms with Gasteiger partial charge in [-0.3, -0.25) is 14.2 Å². The second-order valence-corrected chi connectivity index (χ2v) is 7.88. The number of carbonyl (C=O) groups is 2. The van der Waals surface area contributed by atoms with Crippen LogP contribution >= 0.6 is 15.9 Å². The molecule has 0 N–H and O–H groups in total. The summed E-state index contributed by atoms with van der Waals surface area (Å²) in [5, 5.41) is 0. The zero-order valence-electron chi connectivity index (χ0n) is 18.4. The SMILES string of the molecule is COC(=O)c1ccc(C)c(-n2c(COC(C)=O)nc(=O)c(Br)c2OCc2ccc(F)cc2F)c1. The van der Waals surface area contributed by atoms with Gasteiger partial charge in [-0.25, -0.2) is 13.6 Å². The van der Waals surface area contributed by atoms with Crippen molar-refractivity contribution in [2.45, 2.75) is 27.1 Å². The fourth-order valence-electron chi connectivity index (χ4n) is 3.04. The van der Waals surface area contributed by atoms with Crippen LogP contribution in [0.25, 0.3) is 5.69 Å². The van der Waals surface area contributed by atoms with Gasteiger partial charge in [-0.15, -0.1) is 0 Å². The summed E-state index contributed by atoms with van der Waals surface area (Å²) in [6.07, 6.45) is 0. The van der Waals surface area contributed by atoms with Crippen LogP contribution in [-0.4, -0.2) is 28.6 Å². The summed E-state index contributed by atoms with van der Waals surface area (Å²) in [5.74, 6) is -2.89. The summed E-state index contributed by atoms with van der Waals surface area (Å²) in [5.41, 5.74) is 0.520. The van der Waals surface area contributed by atoms with Gasteiger partial charge in [-0.2, -0.15) is 4.98 Å². The largest absolute Gasteiger partial charge is 0.473 e. The standard InChI is InChI=1S/C23H19BrF2N2O6/c1-12-4-5-14(23(31)32-3)8-18(12)28-19(11-33-13(2)29)27-21(30)20(24)22(28)34-10-15-6-7-16(25)9-17(15)26/h4-9H,10-11H2,1-3H3. The second kappa shape index (κ2) is 10.6. The first kappa shape index (κ1) is 25.0. The molecule has 0 aliphatic carbocycles. The van der Waals surface area contributed by atoms with E-state index in [1.807, 2.05) is 0 Å². The summed E-state index contributed by atoms with van der Waals surface area (Å²) in [4.78, 5) is 40.0. The minimum atomic E-state index is -0.830. The van der Waals surface area contributed by atoms with E-state index < -0.39 is 29.1 Å². The number of esters is 2. The minimum absolute atomic E-state index is 0.0110. The molecule has 0 atom stereocenters. The van der Waals surface area contributed by atoms with Crippen molar-refractivity contribution in [3.8, 4) is 11.6 Å². The highest BCUT2D eigenvalue weighted by Gasteiger charge is 2.22. The number of nitrogens with zero attached hydrogens (tertiary/aromatic N) is 2. The number of aromatic nitrogens is 2. The number of rotatable bonds is 7. The highest BCUT2D eigenvalue weighted by Crippen LogP contribution is 2.30. The molecule has 1 aromatic heterocycles. The third-order valence-electron chi connectivity index (χ3n) is 4.72. The van der Waals surface area contributed by atoms with Crippen molar-refractivity contribution in [3.63, 3.8) is 0 Å². The van der Waals surface area contributed by atoms with Crippen LogP contribution in [0.15, 0.2) is 45.7 Å². The van der Waals surface area contributed by atoms with Crippen LogP contribution in [0.5, 0.6) is 5.88 Å². The van der Waals surface area contributed by atoms with Crippen LogP contribution in [0.2, 0.25) is 0 Å². The molecule has 0 bridgehead atoms. The number of carbonyl (C=O) groups excluding carboxylic acids is 2. The molecule has 3 aromatic rings. The van der Waals surface area contributed by atoms with Crippen molar-refractivity contribution in [2.75, 3.05) is 7.11 Å². The van der Waals surface area contributed by atoms with E-state index in [9.17, 15) is 23.2 Å². The lowest BCUT2D eigenvalue weighted by Crippen LogP contribution is -2.23. The Balaban J connectivity index is 2.21. The van der Waals surface area contributed by atoms with Crippen LogP contribution in [0.1, 0.15) is 34.2 Å². The van der Waals surface area contributed by atoms with E-state index in [-0.39, 0.29) is 40.5 Å². The molecule has 0 aliphatic heterocycles. The van der Waals surface area contributed by atoms with E-state index in [2.05, 4.69) is 20.9 Å². The van der Waals surface area contributed by atoms with Crippen LogP contribution in [0, 0.1) is 18.6 Å². The van der Waals surface area contributed by atoms with Gasteiger partial charge >= 0.3 is 11.9 Å². The molecular formula is C23H19BrF2N2O6. The highest BCUT2D eigenvalue weighted by atomic mass is 79.9. The highest BCUT2D eigenvalue weighted by molar-refractivity contribution is 9.10. The Bertz CT molecular complexity index is 1330. The minimum Gasteiger partial charge on any atom is -0.473 e. The van der Waals surface area contributed by atoms with Gasteiger partial charge < -0.3 is 14.2 Å².